The number of hydrogen-bond acceptors (Lipinski definition) is 5. The quantitative estimate of drug-likeness (QED) is 0.731. The minimum absolute atomic E-state index is 0.186. The summed E-state index contributed by atoms with van der Waals surface area (Å²) < 4.78 is 5.38. The van der Waals surface area contributed by atoms with E-state index in [1.165, 1.54) is 16.9 Å². The Labute approximate surface area is 162 Å². The van der Waals surface area contributed by atoms with Crippen molar-refractivity contribution in [2.75, 3.05) is 31.6 Å². The molecule has 2 heterocycles. The standard InChI is InChI=1S/C21H21N3O2S/c25-20(19-15-27-21(23-19)17-4-2-1-3-5-17)22-18-8-6-16(7-9-18)14-24-10-12-26-13-11-24/h1-9,15H,10-14H2,(H,22,25). The topological polar surface area (TPSA) is 54.5 Å². The van der Waals surface area contributed by atoms with Gasteiger partial charge in [0.25, 0.3) is 5.91 Å². The molecule has 1 saturated heterocycles. The summed E-state index contributed by atoms with van der Waals surface area (Å²) in [6, 6.07) is 17.9. The van der Waals surface area contributed by atoms with E-state index < -0.39 is 0 Å². The van der Waals surface area contributed by atoms with Crippen LogP contribution in [0.3, 0.4) is 0 Å². The van der Waals surface area contributed by atoms with Crippen LogP contribution in [0.1, 0.15) is 16.1 Å². The van der Waals surface area contributed by atoms with E-state index in [4.69, 9.17) is 4.74 Å². The first-order valence-corrected chi connectivity index (χ1v) is 9.87. The van der Waals surface area contributed by atoms with Gasteiger partial charge in [0.15, 0.2) is 0 Å². The van der Waals surface area contributed by atoms with Crippen LogP contribution in [0.2, 0.25) is 0 Å². The van der Waals surface area contributed by atoms with Gasteiger partial charge in [-0.1, -0.05) is 42.5 Å². The zero-order valence-corrected chi connectivity index (χ0v) is 15.7. The monoisotopic (exact) mass is 379 g/mol. The van der Waals surface area contributed by atoms with E-state index in [9.17, 15) is 4.79 Å². The molecule has 1 aromatic heterocycles. The van der Waals surface area contributed by atoms with Crippen molar-refractivity contribution < 1.29 is 9.53 Å². The fourth-order valence-electron chi connectivity index (χ4n) is 3.00. The van der Waals surface area contributed by atoms with Crippen molar-refractivity contribution in [3.63, 3.8) is 0 Å². The summed E-state index contributed by atoms with van der Waals surface area (Å²) in [5.74, 6) is -0.186. The second-order valence-corrected chi connectivity index (χ2v) is 7.30. The third kappa shape index (κ3) is 4.60. The number of carbonyl (C=O) groups is 1. The lowest BCUT2D eigenvalue weighted by atomic mass is 10.2. The van der Waals surface area contributed by atoms with Crippen molar-refractivity contribution in [3.8, 4) is 10.6 Å². The van der Waals surface area contributed by atoms with E-state index >= 15 is 0 Å². The summed E-state index contributed by atoms with van der Waals surface area (Å²) in [5.41, 5.74) is 3.47. The average molecular weight is 379 g/mol. The number of thiazole rings is 1. The van der Waals surface area contributed by atoms with Crippen LogP contribution in [0.4, 0.5) is 5.69 Å². The molecular formula is C21H21N3O2S. The highest BCUT2D eigenvalue weighted by molar-refractivity contribution is 7.13. The van der Waals surface area contributed by atoms with Crippen molar-refractivity contribution in [1.82, 2.24) is 9.88 Å². The molecule has 27 heavy (non-hydrogen) atoms. The maximum Gasteiger partial charge on any atom is 0.275 e. The fourth-order valence-corrected chi connectivity index (χ4v) is 3.80. The predicted molar refractivity (Wildman–Crippen MR) is 108 cm³/mol. The largest absolute Gasteiger partial charge is 0.379 e. The van der Waals surface area contributed by atoms with E-state index in [1.807, 2.05) is 42.5 Å². The van der Waals surface area contributed by atoms with Gasteiger partial charge in [-0.25, -0.2) is 4.98 Å². The van der Waals surface area contributed by atoms with Gasteiger partial charge in [0.05, 0.1) is 13.2 Å². The van der Waals surface area contributed by atoms with Crippen LogP contribution in [0.5, 0.6) is 0 Å². The molecule has 0 spiro atoms. The van der Waals surface area contributed by atoms with Gasteiger partial charge in [-0.3, -0.25) is 9.69 Å². The van der Waals surface area contributed by atoms with Crippen molar-refractivity contribution in [1.29, 1.82) is 0 Å². The number of nitrogens with zero attached hydrogens (tertiary/aromatic N) is 2. The number of rotatable bonds is 5. The van der Waals surface area contributed by atoms with E-state index in [1.54, 1.807) is 5.38 Å². The number of hydrogen-bond donors (Lipinski definition) is 1. The molecule has 4 rings (SSSR count). The van der Waals surface area contributed by atoms with Gasteiger partial charge in [-0.15, -0.1) is 11.3 Å². The highest BCUT2D eigenvalue weighted by Crippen LogP contribution is 2.23. The third-order valence-corrected chi connectivity index (χ3v) is 5.37. The molecule has 1 aliphatic heterocycles. The van der Waals surface area contributed by atoms with Gasteiger partial charge < -0.3 is 10.1 Å². The van der Waals surface area contributed by atoms with Crippen molar-refractivity contribution in [3.05, 3.63) is 71.2 Å². The molecule has 0 unspecified atom stereocenters. The van der Waals surface area contributed by atoms with E-state index in [2.05, 4.69) is 27.3 Å². The van der Waals surface area contributed by atoms with E-state index in [-0.39, 0.29) is 5.91 Å². The molecule has 1 amide bonds. The molecular weight excluding hydrogens is 358 g/mol. The molecule has 138 valence electrons. The number of morpholine rings is 1. The molecule has 0 saturated carbocycles. The van der Waals surface area contributed by atoms with Crippen LogP contribution in [0, 0.1) is 0 Å². The van der Waals surface area contributed by atoms with Crippen LogP contribution in [-0.2, 0) is 11.3 Å². The summed E-state index contributed by atoms with van der Waals surface area (Å²) in [7, 11) is 0. The number of nitrogens with one attached hydrogen (secondary N) is 1. The summed E-state index contributed by atoms with van der Waals surface area (Å²) in [6.07, 6.45) is 0. The summed E-state index contributed by atoms with van der Waals surface area (Å²) >= 11 is 1.48. The molecule has 0 bridgehead atoms. The van der Waals surface area contributed by atoms with Gasteiger partial charge >= 0.3 is 0 Å². The molecule has 0 radical (unpaired) electrons. The lowest BCUT2D eigenvalue weighted by molar-refractivity contribution is 0.0342. The van der Waals surface area contributed by atoms with Gasteiger partial charge in [-0.2, -0.15) is 0 Å². The number of benzene rings is 2. The summed E-state index contributed by atoms with van der Waals surface area (Å²) in [4.78, 5) is 19.3. The highest BCUT2D eigenvalue weighted by atomic mass is 32.1. The zero-order chi connectivity index (χ0) is 18.5. The number of ether oxygens (including phenoxy) is 1. The van der Waals surface area contributed by atoms with Crippen LogP contribution >= 0.6 is 11.3 Å². The SMILES string of the molecule is O=C(Nc1ccc(CN2CCOCC2)cc1)c1csc(-c2ccccc2)n1. The van der Waals surface area contributed by atoms with Crippen LogP contribution in [-0.4, -0.2) is 42.1 Å². The van der Waals surface area contributed by atoms with Crippen LogP contribution in [0.15, 0.2) is 60.0 Å². The maximum atomic E-state index is 12.5. The van der Waals surface area contributed by atoms with Gasteiger partial charge in [0, 0.05) is 36.3 Å². The molecule has 1 fully saturated rings. The van der Waals surface area contributed by atoms with Gasteiger partial charge in [0.1, 0.15) is 10.7 Å². The number of aromatic nitrogens is 1. The maximum absolute atomic E-state index is 12.5. The Morgan fingerprint density at radius 2 is 1.81 bits per heavy atom. The molecule has 6 heteroatoms. The average Bonchev–Trinajstić information content (AvgIpc) is 3.21. The lowest BCUT2D eigenvalue weighted by Crippen LogP contribution is -2.35. The lowest BCUT2D eigenvalue weighted by Gasteiger charge is -2.26. The molecule has 2 aromatic carbocycles. The van der Waals surface area contributed by atoms with Gasteiger partial charge in [0.2, 0.25) is 0 Å². The van der Waals surface area contributed by atoms with Crippen molar-refractivity contribution in [2.24, 2.45) is 0 Å². The smallest absolute Gasteiger partial charge is 0.275 e. The Kier molecular flexibility index (Phi) is 5.58. The Morgan fingerprint density at radius 3 is 2.56 bits per heavy atom. The van der Waals surface area contributed by atoms with Crippen LogP contribution in [0.25, 0.3) is 10.6 Å². The molecule has 1 N–H and O–H groups in total. The molecule has 5 nitrogen and oxygen atoms in total. The molecule has 3 aromatic rings. The fraction of sp³-hybridized carbons (Fsp3) is 0.238. The zero-order valence-electron chi connectivity index (χ0n) is 14.9. The Morgan fingerprint density at radius 1 is 1.07 bits per heavy atom. The van der Waals surface area contributed by atoms with Crippen molar-refractivity contribution >= 4 is 22.9 Å². The summed E-state index contributed by atoms with van der Waals surface area (Å²) in [6.45, 7) is 4.43. The minimum atomic E-state index is -0.186. The molecule has 0 aliphatic carbocycles. The molecule has 1 aliphatic rings. The van der Waals surface area contributed by atoms with E-state index in [0.29, 0.717) is 5.69 Å². The molecule has 0 atom stereocenters. The first-order valence-electron chi connectivity index (χ1n) is 8.99. The number of amides is 1. The number of carbonyl (C=O) groups excluding carboxylic acids is 1. The van der Waals surface area contributed by atoms with Crippen molar-refractivity contribution in [2.45, 2.75) is 6.54 Å². The third-order valence-electron chi connectivity index (χ3n) is 4.48. The predicted octanol–water partition coefficient (Wildman–Crippen LogP) is 3.89. The Bertz CT molecular complexity index is 887. The highest BCUT2D eigenvalue weighted by Gasteiger charge is 2.13. The van der Waals surface area contributed by atoms with Gasteiger partial charge in [-0.05, 0) is 17.7 Å². The Hall–Kier alpha value is -2.54. The van der Waals surface area contributed by atoms with E-state index in [0.717, 1.165) is 49.1 Å². The van der Waals surface area contributed by atoms with Crippen LogP contribution < -0.4 is 5.32 Å². The second kappa shape index (κ2) is 8.43. The number of anilines is 1. The minimum Gasteiger partial charge on any atom is -0.379 e. The second-order valence-electron chi connectivity index (χ2n) is 6.44. The normalized spacial score (nSPS) is 14.8. The summed E-state index contributed by atoms with van der Waals surface area (Å²) in [5, 5.41) is 5.57. The first-order chi connectivity index (χ1) is 13.3. The first kappa shape index (κ1) is 17.9. The Balaban J connectivity index is 1.37.